The van der Waals surface area contributed by atoms with Crippen molar-refractivity contribution < 1.29 is 4.74 Å². The van der Waals surface area contributed by atoms with Gasteiger partial charge in [0.1, 0.15) is 0 Å². The lowest BCUT2D eigenvalue weighted by molar-refractivity contribution is 0.0336. The molecule has 0 aliphatic carbocycles. The molecule has 2 N–H and O–H groups in total. The lowest BCUT2D eigenvalue weighted by Gasteiger charge is -2.15. The van der Waals surface area contributed by atoms with Crippen molar-refractivity contribution in [3.05, 3.63) is 0 Å². The summed E-state index contributed by atoms with van der Waals surface area (Å²) in [7, 11) is 0. The Hall–Kier alpha value is -0.0800. The zero-order chi connectivity index (χ0) is 8.69. The summed E-state index contributed by atoms with van der Waals surface area (Å²) >= 11 is 0. The third kappa shape index (κ3) is 6.32. The number of unbranched alkanes of at least 4 members (excludes halogenated alkanes) is 1. The topological polar surface area (TPSA) is 35.2 Å². The Bertz CT molecular complexity index is 83.6. The van der Waals surface area contributed by atoms with E-state index in [-0.39, 0.29) is 0 Å². The van der Waals surface area contributed by atoms with Crippen LogP contribution < -0.4 is 5.73 Å². The third-order valence-corrected chi connectivity index (χ3v) is 1.92. The van der Waals surface area contributed by atoms with Gasteiger partial charge in [-0.05, 0) is 32.2 Å². The molecule has 0 saturated carbocycles. The number of hydrogen-bond donors (Lipinski definition) is 1. The monoisotopic (exact) mass is 159 g/mol. The average Bonchev–Trinajstić information content (AvgIpc) is 1.97. The second-order valence-electron chi connectivity index (χ2n) is 3.32. The van der Waals surface area contributed by atoms with Crippen molar-refractivity contribution in [2.45, 2.75) is 39.7 Å². The molecule has 0 aliphatic rings. The maximum absolute atomic E-state index is 5.55. The summed E-state index contributed by atoms with van der Waals surface area (Å²) in [5, 5.41) is 0. The van der Waals surface area contributed by atoms with Crippen LogP contribution in [0.2, 0.25) is 0 Å². The maximum atomic E-state index is 5.55. The van der Waals surface area contributed by atoms with E-state index in [4.69, 9.17) is 10.5 Å². The van der Waals surface area contributed by atoms with Crippen LogP contribution in [0.25, 0.3) is 0 Å². The molecule has 2 nitrogen and oxygen atoms in total. The van der Waals surface area contributed by atoms with Gasteiger partial charge in [0.25, 0.3) is 0 Å². The van der Waals surface area contributed by atoms with Crippen molar-refractivity contribution in [2.24, 2.45) is 11.7 Å². The van der Waals surface area contributed by atoms with Crippen LogP contribution in [-0.4, -0.2) is 19.3 Å². The molecule has 0 aromatic rings. The van der Waals surface area contributed by atoms with Gasteiger partial charge in [0, 0.05) is 6.61 Å². The van der Waals surface area contributed by atoms with E-state index in [9.17, 15) is 0 Å². The number of nitrogens with two attached hydrogens (primary N) is 1. The molecule has 1 atom stereocenters. The van der Waals surface area contributed by atoms with Gasteiger partial charge in [-0.25, -0.2) is 0 Å². The van der Waals surface area contributed by atoms with Gasteiger partial charge in [-0.1, -0.05) is 13.8 Å². The molecule has 0 amide bonds. The molecule has 2 heteroatoms. The van der Waals surface area contributed by atoms with Gasteiger partial charge in [-0.2, -0.15) is 0 Å². The molecule has 68 valence electrons. The summed E-state index contributed by atoms with van der Waals surface area (Å²) in [5.74, 6) is 0.618. The first kappa shape index (κ1) is 10.9. The van der Waals surface area contributed by atoms with Crippen molar-refractivity contribution in [1.29, 1.82) is 0 Å². The van der Waals surface area contributed by atoms with E-state index >= 15 is 0 Å². The van der Waals surface area contributed by atoms with Crippen molar-refractivity contribution in [1.82, 2.24) is 0 Å². The summed E-state index contributed by atoms with van der Waals surface area (Å²) in [6, 6.07) is 0. The Morgan fingerprint density at radius 3 is 2.27 bits per heavy atom. The minimum absolute atomic E-state index is 0.382. The fourth-order valence-electron chi connectivity index (χ4n) is 0.708. The molecule has 1 unspecified atom stereocenters. The second-order valence-corrected chi connectivity index (χ2v) is 3.32. The molecular weight excluding hydrogens is 138 g/mol. The minimum Gasteiger partial charge on any atom is -0.378 e. The van der Waals surface area contributed by atoms with Crippen LogP contribution in [-0.2, 0) is 4.74 Å². The number of ether oxygens (including phenoxy) is 1. The third-order valence-electron chi connectivity index (χ3n) is 1.92. The minimum atomic E-state index is 0.382. The lowest BCUT2D eigenvalue weighted by Crippen LogP contribution is -2.16. The highest BCUT2D eigenvalue weighted by molar-refractivity contribution is 4.54. The number of hydrogen-bond acceptors (Lipinski definition) is 2. The van der Waals surface area contributed by atoms with Gasteiger partial charge >= 0.3 is 0 Å². The molecule has 0 fully saturated rings. The number of rotatable bonds is 6. The Balaban J connectivity index is 3.10. The molecule has 0 heterocycles. The van der Waals surface area contributed by atoms with Crippen LogP contribution in [0.3, 0.4) is 0 Å². The first-order valence-corrected chi connectivity index (χ1v) is 4.50. The molecule has 0 radical (unpaired) electrons. The van der Waals surface area contributed by atoms with Crippen LogP contribution in [0.1, 0.15) is 33.6 Å². The molecular formula is C9H21NO. The standard InChI is InChI=1S/C9H21NO/c1-8(2)9(3)11-7-5-4-6-10/h8-9H,4-7,10H2,1-3H3. The van der Waals surface area contributed by atoms with Gasteiger partial charge in [-0.3, -0.25) is 0 Å². The smallest absolute Gasteiger partial charge is 0.0569 e. The average molecular weight is 159 g/mol. The van der Waals surface area contributed by atoms with Gasteiger partial charge in [0.15, 0.2) is 0 Å². The highest BCUT2D eigenvalue weighted by Gasteiger charge is 2.05. The molecule has 0 rings (SSSR count). The van der Waals surface area contributed by atoms with Crippen molar-refractivity contribution in [3.63, 3.8) is 0 Å². The second kappa shape index (κ2) is 6.62. The van der Waals surface area contributed by atoms with Crippen LogP contribution in [0.4, 0.5) is 0 Å². The van der Waals surface area contributed by atoms with Gasteiger partial charge in [0.05, 0.1) is 6.10 Å². The Morgan fingerprint density at radius 2 is 1.82 bits per heavy atom. The molecule has 0 spiro atoms. The maximum Gasteiger partial charge on any atom is 0.0569 e. The zero-order valence-corrected chi connectivity index (χ0v) is 7.97. The highest BCUT2D eigenvalue weighted by atomic mass is 16.5. The Kier molecular flexibility index (Phi) is 6.57. The molecule has 0 aromatic heterocycles. The van der Waals surface area contributed by atoms with Crippen molar-refractivity contribution in [2.75, 3.05) is 13.2 Å². The quantitative estimate of drug-likeness (QED) is 0.600. The lowest BCUT2D eigenvalue weighted by atomic mass is 10.1. The fourth-order valence-corrected chi connectivity index (χ4v) is 0.708. The summed E-state index contributed by atoms with van der Waals surface area (Å²) in [5.41, 5.74) is 5.35. The first-order chi connectivity index (χ1) is 5.18. The van der Waals surface area contributed by atoms with Crippen LogP contribution >= 0.6 is 0 Å². The van der Waals surface area contributed by atoms with E-state index in [1.54, 1.807) is 0 Å². The SMILES string of the molecule is CC(C)C(C)OCCCCN. The molecule has 0 saturated heterocycles. The van der Waals surface area contributed by atoms with Crippen LogP contribution in [0.5, 0.6) is 0 Å². The van der Waals surface area contributed by atoms with E-state index in [2.05, 4.69) is 20.8 Å². The predicted molar refractivity (Wildman–Crippen MR) is 48.5 cm³/mol. The predicted octanol–water partition coefficient (Wildman–Crippen LogP) is 1.79. The summed E-state index contributed by atoms with van der Waals surface area (Å²) < 4.78 is 5.55. The molecule has 0 bridgehead atoms. The molecule has 0 aromatic carbocycles. The first-order valence-electron chi connectivity index (χ1n) is 4.50. The highest BCUT2D eigenvalue weighted by Crippen LogP contribution is 2.05. The van der Waals surface area contributed by atoms with Crippen molar-refractivity contribution >= 4 is 0 Å². The van der Waals surface area contributed by atoms with Gasteiger partial charge in [0.2, 0.25) is 0 Å². The fraction of sp³-hybridized carbons (Fsp3) is 1.00. The van der Waals surface area contributed by atoms with Gasteiger partial charge < -0.3 is 10.5 Å². The normalized spacial score (nSPS) is 13.9. The van der Waals surface area contributed by atoms with E-state index in [0.717, 1.165) is 26.0 Å². The largest absolute Gasteiger partial charge is 0.378 e. The van der Waals surface area contributed by atoms with Crippen LogP contribution in [0, 0.1) is 5.92 Å². The van der Waals surface area contributed by atoms with Gasteiger partial charge in [-0.15, -0.1) is 0 Å². The Morgan fingerprint density at radius 1 is 1.18 bits per heavy atom. The zero-order valence-electron chi connectivity index (χ0n) is 7.97. The van der Waals surface area contributed by atoms with Crippen molar-refractivity contribution in [3.8, 4) is 0 Å². The molecule has 11 heavy (non-hydrogen) atoms. The van der Waals surface area contributed by atoms with Crippen LogP contribution in [0.15, 0.2) is 0 Å². The Labute approximate surface area is 70.1 Å². The summed E-state index contributed by atoms with van der Waals surface area (Å²) in [6.45, 7) is 8.10. The van der Waals surface area contributed by atoms with E-state index < -0.39 is 0 Å². The van der Waals surface area contributed by atoms with E-state index in [1.807, 2.05) is 0 Å². The van der Waals surface area contributed by atoms with E-state index in [0.29, 0.717) is 12.0 Å². The summed E-state index contributed by atoms with van der Waals surface area (Å²) in [6.07, 6.45) is 2.55. The summed E-state index contributed by atoms with van der Waals surface area (Å²) in [4.78, 5) is 0. The molecule has 0 aliphatic heterocycles. The van der Waals surface area contributed by atoms with E-state index in [1.165, 1.54) is 0 Å².